The standard InChI is InChI=1S/C32H36N2O3/c1-6-22-9-11-25(12-10-22)30(35)28-29(24-15-17-26(18-16-24)33(7-2)8-3)34(32(37)31(28)36)27-19-13-23(14-20-27)21(4)5/h9-21,29,35H,6-8H2,1-5H3/b30-28-. The minimum Gasteiger partial charge on any atom is -0.507 e. The summed E-state index contributed by atoms with van der Waals surface area (Å²) in [6.45, 7) is 12.3. The van der Waals surface area contributed by atoms with Gasteiger partial charge >= 0.3 is 0 Å². The normalized spacial score (nSPS) is 17.0. The van der Waals surface area contributed by atoms with Gasteiger partial charge in [-0.2, -0.15) is 0 Å². The maximum absolute atomic E-state index is 13.4. The maximum atomic E-state index is 13.4. The smallest absolute Gasteiger partial charge is 0.300 e. The maximum Gasteiger partial charge on any atom is 0.300 e. The third-order valence-electron chi connectivity index (χ3n) is 7.26. The Morgan fingerprint density at radius 1 is 0.865 bits per heavy atom. The van der Waals surface area contributed by atoms with E-state index in [1.807, 2.05) is 60.7 Å². The number of hydrogen-bond acceptors (Lipinski definition) is 4. The highest BCUT2D eigenvalue weighted by Gasteiger charge is 2.47. The number of Topliss-reactive ketones (excluding diaryl/α,β-unsaturated/α-hetero) is 1. The van der Waals surface area contributed by atoms with Crippen LogP contribution in [-0.4, -0.2) is 29.9 Å². The van der Waals surface area contributed by atoms with Gasteiger partial charge in [0.15, 0.2) is 0 Å². The molecule has 0 saturated carbocycles. The van der Waals surface area contributed by atoms with Crippen LogP contribution in [0.1, 0.15) is 68.8 Å². The molecule has 1 fully saturated rings. The number of rotatable bonds is 8. The van der Waals surface area contributed by atoms with Crippen molar-refractivity contribution in [1.29, 1.82) is 0 Å². The highest BCUT2D eigenvalue weighted by molar-refractivity contribution is 6.51. The Hall–Kier alpha value is -3.86. The molecule has 1 aliphatic heterocycles. The molecule has 1 atom stereocenters. The minimum atomic E-state index is -0.735. The van der Waals surface area contributed by atoms with Crippen LogP contribution in [0.2, 0.25) is 0 Å². The van der Waals surface area contributed by atoms with Crippen molar-refractivity contribution in [3.05, 3.63) is 101 Å². The zero-order valence-corrected chi connectivity index (χ0v) is 22.4. The molecule has 3 aromatic carbocycles. The molecule has 3 aromatic rings. The summed E-state index contributed by atoms with van der Waals surface area (Å²) < 4.78 is 0. The molecular formula is C32H36N2O3. The topological polar surface area (TPSA) is 60.9 Å². The number of aliphatic hydroxyl groups is 1. The van der Waals surface area contributed by atoms with Gasteiger partial charge < -0.3 is 10.0 Å². The number of nitrogens with zero attached hydrogens (tertiary/aromatic N) is 2. The lowest BCUT2D eigenvalue weighted by atomic mass is 9.94. The summed E-state index contributed by atoms with van der Waals surface area (Å²) in [6.07, 6.45) is 0.872. The number of carbonyl (C=O) groups is 2. The molecule has 1 heterocycles. The lowest BCUT2D eigenvalue weighted by Gasteiger charge is -2.27. The van der Waals surface area contributed by atoms with E-state index >= 15 is 0 Å². The average Bonchev–Trinajstić information content (AvgIpc) is 3.19. The van der Waals surface area contributed by atoms with Gasteiger partial charge in [0.1, 0.15) is 5.76 Å². The summed E-state index contributed by atoms with van der Waals surface area (Å²) in [6, 6.07) is 22.4. The van der Waals surface area contributed by atoms with Gasteiger partial charge in [0, 0.05) is 30.0 Å². The number of anilines is 2. The van der Waals surface area contributed by atoms with Gasteiger partial charge in [-0.3, -0.25) is 14.5 Å². The van der Waals surface area contributed by atoms with E-state index in [0.29, 0.717) is 17.2 Å². The van der Waals surface area contributed by atoms with Crippen LogP contribution in [0.15, 0.2) is 78.4 Å². The van der Waals surface area contributed by atoms with Gasteiger partial charge in [0.2, 0.25) is 0 Å². The fourth-order valence-corrected chi connectivity index (χ4v) is 4.94. The monoisotopic (exact) mass is 496 g/mol. The third-order valence-corrected chi connectivity index (χ3v) is 7.26. The van der Waals surface area contributed by atoms with Crippen molar-refractivity contribution in [2.75, 3.05) is 22.9 Å². The van der Waals surface area contributed by atoms with E-state index in [1.54, 1.807) is 12.1 Å². The molecule has 0 radical (unpaired) electrons. The van der Waals surface area contributed by atoms with Crippen molar-refractivity contribution in [1.82, 2.24) is 0 Å². The van der Waals surface area contributed by atoms with Crippen LogP contribution in [-0.2, 0) is 16.0 Å². The second-order valence-corrected chi connectivity index (χ2v) is 9.73. The van der Waals surface area contributed by atoms with Crippen LogP contribution in [0.5, 0.6) is 0 Å². The molecule has 192 valence electrons. The molecule has 37 heavy (non-hydrogen) atoms. The second kappa shape index (κ2) is 11.0. The second-order valence-electron chi connectivity index (χ2n) is 9.73. The highest BCUT2D eigenvalue weighted by atomic mass is 16.3. The number of aliphatic hydroxyl groups excluding tert-OH is 1. The molecule has 5 heteroatoms. The van der Waals surface area contributed by atoms with Crippen molar-refractivity contribution < 1.29 is 14.7 Å². The van der Waals surface area contributed by atoms with E-state index in [1.165, 1.54) is 4.90 Å². The van der Waals surface area contributed by atoms with Crippen LogP contribution in [0, 0.1) is 0 Å². The van der Waals surface area contributed by atoms with E-state index in [0.717, 1.165) is 41.9 Å². The summed E-state index contributed by atoms with van der Waals surface area (Å²) >= 11 is 0. The number of carbonyl (C=O) groups excluding carboxylic acids is 2. The molecule has 1 aliphatic rings. The fraction of sp³-hybridized carbons (Fsp3) is 0.312. The Labute approximate surface area is 220 Å². The van der Waals surface area contributed by atoms with E-state index < -0.39 is 17.7 Å². The van der Waals surface area contributed by atoms with Gasteiger partial charge in [-0.05, 0) is 67.1 Å². The van der Waals surface area contributed by atoms with Crippen molar-refractivity contribution in [2.24, 2.45) is 0 Å². The molecule has 0 aliphatic carbocycles. The summed E-state index contributed by atoms with van der Waals surface area (Å²) in [4.78, 5) is 30.6. The lowest BCUT2D eigenvalue weighted by molar-refractivity contribution is -0.132. The average molecular weight is 497 g/mol. The SMILES string of the molecule is CCc1ccc(/C(O)=C2/C(=O)C(=O)N(c3ccc(C(C)C)cc3)C2c2ccc(N(CC)CC)cc2)cc1. The van der Waals surface area contributed by atoms with Crippen LogP contribution in [0.4, 0.5) is 11.4 Å². The van der Waals surface area contributed by atoms with E-state index in [9.17, 15) is 14.7 Å². The quantitative estimate of drug-likeness (QED) is 0.211. The fourth-order valence-electron chi connectivity index (χ4n) is 4.94. The zero-order chi connectivity index (χ0) is 26.7. The van der Waals surface area contributed by atoms with Crippen molar-refractivity contribution in [3.8, 4) is 0 Å². The van der Waals surface area contributed by atoms with Gasteiger partial charge in [-0.25, -0.2) is 0 Å². The molecule has 0 aromatic heterocycles. The number of aryl methyl sites for hydroxylation is 1. The Balaban J connectivity index is 1.87. The van der Waals surface area contributed by atoms with E-state index in [4.69, 9.17) is 0 Å². The molecule has 0 bridgehead atoms. The molecular weight excluding hydrogens is 460 g/mol. The Morgan fingerprint density at radius 2 is 1.46 bits per heavy atom. The van der Waals surface area contributed by atoms with E-state index in [2.05, 4.69) is 39.5 Å². The summed E-state index contributed by atoms with van der Waals surface area (Å²) in [5.74, 6) is -1.12. The first-order valence-electron chi connectivity index (χ1n) is 13.2. The Bertz CT molecular complexity index is 1290. The summed E-state index contributed by atoms with van der Waals surface area (Å²) in [7, 11) is 0. The van der Waals surface area contributed by atoms with Crippen molar-refractivity contribution in [2.45, 2.75) is 53.0 Å². The van der Waals surface area contributed by atoms with Crippen LogP contribution >= 0.6 is 0 Å². The number of benzene rings is 3. The van der Waals surface area contributed by atoms with Crippen LogP contribution in [0.3, 0.4) is 0 Å². The Kier molecular flexibility index (Phi) is 7.82. The summed E-state index contributed by atoms with van der Waals surface area (Å²) in [5, 5.41) is 11.4. The van der Waals surface area contributed by atoms with Crippen molar-refractivity contribution in [3.63, 3.8) is 0 Å². The largest absolute Gasteiger partial charge is 0.507 e. The highest BCUT2D eigenvalue weighted by Crippen LogP contribution is 2.42. The lowest BCUT2D eigenvalue weighted by Crippen LogP contribution is -2.29. The van der Waals surface area contributed by atoms with Gasteiger partial charge in [-0.1, -0.05) is 69.3 Å². The zero-order valence-electron chi connectivity index (χ0n) is 22.4. The van der Waals surface area contributed by atoms with Crippen LogP contribution in [0.25, 0.3) is 5.76 Å². The first kappa shape index (κ1) is 26.2. The molecule has 1 unspecified atom stereocenters. The first-order chi connectivity index (χ1) is 17.8. The predicted molar refractivity (Wildman–Crippen MR) is 151 cm³/mol. The van der Waals surface area contributed by atoms with Gasteiger partial charge in [-0.15, -0.1) is 0 Å². The number of amides is 1. The molecule has 4 rings (SSSR count). The molecule has 0 spiro atoms. The van der Waals surface area contributed by atoms with E-state index in [-0.39, 0.29) is 11.3 Å². The molecule has 5 nitrogen and oxygen atoms in total. The first-order valence-corrected chi connectivity index (χ1v) is 13.2. The van der Waals surface area contributed by atoms with Gasteiger partial charge in [0.05, 0.1) is 11.6 Å². The number of hydrogen-bond donors (Lipinski definition) is 1. The minimum absolute atomic E-state index is 0.109. The molecule has 1 saturated heterocycles. The van der Waals surface area contributed by atoms with Crippen LogP contribution < -0.4 is 9.80 Å². The Morgan fingerprint density at radius 3 is 1.97 bits per heavy atom. The third kappa shape index (κ3) is 5.04. The van der Waals surface area contributed by atoms with Crippen molar-refractivity contribution >= 4 is 28.8 Å². The molecule has 1 amide bonds. The summed E-state index contributed by atoms with van der Waals surface area (Å²) in [5.41, 5.74) is 5.39. The molecule has 1 N–H and O–H groups in total. The number of ketones is 1. The predicted octanol–water partition coefficient (Wildman–Crippen LogP) is 6.84. The van der Waals surface area contributed by atoms with Gasteiger partial charge in [0.25, 0.3) is 11.7 Å².